The van der Waals surface area contributed by atoms with Gasteiger partial charge in [0.1, 0.15) is 0 Å². The highest BCUT2D eigenvalue weighted by molar-refractivity contribution is 4.81. The fourth-order valence-electron chi connectivity index (χ4n) is 2.41. The third-order valence-electron chi connectivity index (χ3n) is 3.17. The molecule has 12 heavy (non-hydrogen) atoms. The summed E-state index contributed by atoms with van der Waals surface area (Å²) in [5.41, 5.74) is 0. The van der Waals surface area contributed by atoms with Crippen LogP contribution >= 0.6 is 0 Å². The van der Waals surface area contributed by atoms with Crippen LogP contribution < -0.4 is 10.6 Å². The van der Waals surface area contributed by atoms with E-state index in [1.165, 1.54) is 51.6 Å². The van der Waals surface area contributed by atoms with E-state index >= 15 is 0 Å². The van der Waals surface area contributed by atoms with Crippen LogP contribution in [0.2, 0.25) is 0 Å². The van der Waals surface area contributed by atoms with Gasteiger partial charge in [0.05, 0.1) is 0 Å². The van der Waals surface area contributed by atoms with Gasteiger partial charge < -0.3 is 10.6 Å². The second-order valence-corrected chi connectivity index (χ2v) is 4.17. The van der Waals surface area contributed by atoms with Crippen LogP contribution in [0, 0.1) is 0 Å². The summed E-state index contributed by atoms with van der Waals surface area (Å²) in [6, 6.07) is 1.67. The number of nitrogens with one attached hydrogen (secondary N) is 2. The van der Waals surface area contributed by atoms with Gasteiger partial charge in [-0.25, -0.2) is 0 Å². The SMILES string of the molecule is C1CCC(NC2CCNCC2)C1. The molecule has 2 nitrogen and oxygen atoms in total. The van der Waals surface area contributed by atoms with E-state index in [1.807, 2.05) is 0 Å². The molecule has 2 N–H and O–H groups in total. The molecule has 0 aromatic carbocycles. The Hall–Kier alpha value is -0.0800. The molecule has 2 rings (SSSR count). The van der Waals surface area contributed by atoms with E-state index in [9.17, 15) is 0 Å². The van der Waals surface area contributed by atoms with Crippen LogP contribution in [-0.4, -0.2) is 25.2 Å². The molecule has 2 fully saturated rings. The summed E-state index contributed by atoms with van der Waals surface area (Å²) in [6.45, 7) is 2.43. The van der Waals surface area contributed by atoms with Gasteiger partial charge in [-0.3, -0.25) is 0 Å². The van der Waals surface area contributed by atoms with Gasteiger partial charge in [0.15, 0.2) is 0 Å². The Balaban J connectivity index is 1.69. The molecule has 1 heterocycles. The fourth-order valence-corrected chi connectivity index (χ4v) is 2.41. The van der Waals surface area contributed by atoms with Crippen molar-refractivity contribution < 1.29 is 0 Å². The third kappa shape index (κ3) is 2.20. The topological polar surface area (TPSA) is 24.1 Å². The van der Waals surface area contributed by atoms with Crippen molar-refractivity contribution in [2.75, 3.05) is 13.1 Å². The van der Waals surface area contributed by atoms with Gasteiger partial charge in [-0.05, 0) is 38.8 Å². The van der Waals surface area contributed by atoms with Gasteiger partial charge >= 0.3 is 0 Å². The van der Waals surface area contributed by atoms with Crippen LogP contribution in [0.5, 0.6) is 0 Å². The van der Waals surface area contributed by atoms with E-state index in [0.29, 0.717) is 0 Å². The van der Waals surface area contributed by atoms with Crippen molar-refractivity contribution in [1.82, 2.24) is 10.6 Å². The number of hydrogen-bond acceptors (Lipinski definition) is 2. The average molecular weight is 168 g/mol. The largest absolute Gasteiger partial charge is 0.317 e. The first-order chi connectivity index (χ1) is 5.95. The summed E-state index contributed by atoms with van der Waals surface area (Å²) >= 11 is 0. The van der Waals surface area contributed by atoms with E-state index in [4.69, 9.17) is 0 Å². The Morgan fingerprint density at radius 3 is 2.08 bits per heavy atom. The van der Waals surface area contributed by atoms with Gasteiger partial charge in [0, 0.05) is 12.1 Å². The van der Waals surface area contributed by atoms with Gasteiger partial charge in [-0.2, -0.15) is 0 Å². The first kappa shape index (κ1) is 8.52. The number of rotatable bonds is 2. The number of piperidine rings is 1. The summed E-state index contributed by atoms with van der Waals surface area (Å²) in [5.74, 6) is 0. The molecule has 0 atom stereocenters. The Labute approximate surface area is 75.1 Å². The Morgan fingerprint density at radius 1 is 0.833 bits per heavy atom. The van der Waals surface area contributed by atoms with E-state index < -0.39 is 0 Å². The molecule has 0 unspecified atom stereocenters. The van der Waals surface area contributed by atoms with Crippen LogP contribution in [0.3, 0.4) is 0 Å². The third-order valence-corrected chi connectivity index (χ3v) is 3.17. The quantitative estimate of drug-likeness (QED) is 0.649. The number of hydrogen-bond donors (Lipinski definition) is 2. The van der Waals surface area contributed by atoms with Gasteiger partial charge in [0.2, 0.25) is 0 Å². The average Bonchev–Trinajstić information content (AvgIpc) is 2.59. The molecular formula is C10H20N2. The molecule has 1 aliphatic heterocycles. The first-order valence-corrected chi connectivity index (χ1v) is 5.42. The van der Waals surface area contributed by atoms with Crippen LogP contribution in [0.4, 0.5) is 0 Å². The zero-order chi connectivity index (χ0) is 8.23. The lowest BCUT2D eigenvalue weighted by molar-refractivity contribution is 0.348. The van der Waals surface area contributed by atoms with Crippen molar-refractivity contribution in [1.29, 1.82) is 0 Å². The summed E-state index contributed by atoms with van der Waals surface area (Å²) in [6.07, 6.45) is 8.39. The van der Waals surface area contributed by atoms with Crippen molar-refractivity contribution in [3.8, 4) is 0 Å². The molecule has 70 valence electrons. The van der Waals surface area contributed by atoms with Crippen molar-refractivity contribution >= 4 is 0 Å². The molecule has 0 amide bonds. The lowest BCUT2D eigenvalue weighted by Gasteiger charge is -2.26. The van der Waals surface area contributed by atoms with Crippen molar-refractivity contribution in [2.24, 2.45) is 0 Å². The van der Waals surface area contributed by atoms with E-state index in [2.05, 4.69) is 10.6 Å². The van der Waals surface area contributed by atoms with Crippen LogP contribution in [-0.2, 0) is 0 Å². The Bertz CT molecular complexity index is 124. The molecule has 2 heteroatoms. The van der Waals surface area contributed by atoms with Gasteiger partial charge in [-0.1, -0.05) is 12.8 Å². The second-order valence-electron chi connectivity index (χ2n) is 4.17. The smallest absolute Gasteiger partial charge is 0.00938 e. The van der Waals surface area contributed by atoms with Crippen LogP contribution in [0.25, 0.3) is 0 Å². The van der Waals surface area contributed by atoms with Crippen molar-refractivity contribution in [2.45, 2.75) is 50.6 Å². The van der Waals surface area contributed by atoms with Crippen LogP contribution in [0.15, 0.2) is 0 Å². The molecule has 2 aliphatic rings. The van der Waals surface area contributed by atoms with E-state index in [0.717, 1.165) is 12.1 Å². The minimum atomic E-state index is 0.814. The highest BCUT2D eigenvalue weighted by atomic mass is 15.0. The lowest BCUT2D eigenvalue weighted by Crippen LogP contribution is -2.43. The summed E-state index contributed by atoms with van der Waals surface area (Å²) < 4.78 is 0. The predicted molar refractivity (Wildman–Crippen MR) is 51.3 cm³/mol. The van der Waals surface area contributed by atoms with Gasteiger partial charge in [-0.15, -0.1) is 0 Å². The molecule has 0 radical (unpaired) electrons. The maximum atomic E-state index is 3.78. The first-order valence-electron chi connectivity index (χ1n) is 5.42. The summed E-state index contributed by atoms with van der Waals surface area (Å²) in [7, 11) is 0. The molecule has 1 saturated carbocycles. The maximum Gasteiger partial charge on any atom is 0.00938 e. The minimum Gasteiger partial charge on any atom is -0.317 e. The van der Waals surface area contributed by atoms with Crippen molar-refractivity contribution in [3.63, 3.8) is 0 Å². The monoisotopic (exact) mass is 168 g/mol. The Morgan fingerprint density at radius 2 is 1.42 bits per heavy atom. The molecule has 1 aliphatic carbocycles. The maximum absolute atomic E-state index is 3.78. The van der Waals surface area contributed by atoms with E-state index in [1.54, 1.807) is 0 Å². The molecule has 0 bridgehead atoms. The van der Waals surface area contributed by atoms with Crippen molar-refractivity contribution in [3.05, 3.63) is 0 Å². The normalized spacial score (nSPS) is 28.0. The highest BCUT2D eigenvalue weighted by Crippen LogP contribution is 2.19. The highest BCUT2D eigenvalue weighted by Gasteiger charge is 2.19. The predicted octanol–water partition coefficient (Wildman–Crippen LogP) is 1.27. The zero-order valence-corrected chi connectivity index (χ0v) is 7.81. The standard InChI is InChI=1S/C10H20N2/c1-2-4-9(3-1)12-10-5-7-11-8-6-10/h9-12H,1-8H2. The lowest BCUT2D eigenvalue weighted by atomic mass is 10.1. The molecular weight excluding hydrogens is 148 g/mol. The molecule has 0 aromatic rings. The fraction of sp³-hybridized carbons (Fsp3) is 1.00. The van der Waals surface area contributed by atoms with Gasteiger partial charge in [0.25, 0.3) is 0 Å². The molecule has 0 aromatic heterocycles. The van der Waals surface area contributed by atoms with Crippen LogP contribution in [0.1, 0.15) is 38.5 Å². The molecule has 0 spiro atoms. The van der Waals surface area contributed by atoms with E-state index in [-0.39, 0.29) is 0 Å². The minimum absolute atomic E-state index is 0.814. The Kier molecular flexibility index (Phi) is 3.01. The summed E-state index contributed by atoms with van der Waals surface area (Å²) in [4.78, 5) is 0. The second kappa shape index (κ2) is 4.24. The zero-order valence-electron chi connectivity index (χ0n) is 7.81. The molecule has 1 saturated heterocycles. The summed E-state index contributed by atoms with van der Waals surface area (Å²) in [5, 5.41) is 7.18.